The normalized spacial score (nSPS) is 14.8. The summed E-state index contributed by atoms with van der Waals surface area (Å²) in [6.07, 6.45) is 1.48. The van der Waals surface area contributed by atoms with Crippen molar-refractivity contribution in [2.45, 2.75) is 19.8 Å². The van der Waals surface area contributed by atoms with Gasteiger partial charge in [0, 0.05) is 22.5 Å². The van der Waals surface area contributed by atoms with Crippen LogP contribution < -0.4 is 25.4 Å². The van der Waals surface area contributed by atoms with Gasteiger partial charge in [-0.15, -0.1) is 0 Å². The largest absolute Gasteiger partial charge is 0.497 e. The van der Waals surface area contributed by atoms with E-state index in [0.29, 0.717) is 50.0 Å². The number of furan rings is 1. The number of benzene rings is 2. The highest BCUT2D eigenvalue weighted by molar-refractivity contribution is 8.03. The molecule has 1 atom stereocenters. The topological polar surface area (TPSA) is 126 Å². The Morgan fingerprint density at radius 3 is 2.58 bits per heavy atom. The summed E-state index contributed by atoms with van der Waals surface area (Å²) in [7, 11) is 3.03. The van der Waals surface area contributed by atoms with Crippen molar-refractivity contribution < 1.29 is 23.5 Å². The zero-order valence-corrected chi connectivity index (χ0v) is 23.8. The van der Waals surface area contributed by atoms with Crippen LogP contribution in [0.1, 0.15) is 24.2 Å². The molecule has 3 N–H and O–H groups in total. The third kappa shape index (κ3) is 6.11. The van der Waals surface area contributed by atoms with Crippen LogP contribution >= 0.6 is 23.4 Å². The van der Waals surface area contributed by atoms with Crippen LogP contribution in [0.5, 0.6) is 11.5 Å². The number of carbonyl (C=O) groups is 2. The smallest absolute Gasteiger partial charge is 0.254 e. The molecule has 1 aliphatic heterocycles. The third-order valence-corrected chi connectivity index (χ3v) is 7.69. The Morgan fingerprint density at radius 1 is 1.10 bits per heavy atom. The Morgan fingerprint density at radius 2 is 1.90 bits per heavy atom. The lowest BCUT2D eigenvalue weighted by atomic mass is 9.85. The third-order valence-electron chi connectivity index (χ3n) is 6.26. The Hall–Kier alpha value is -4.33. The lowest BCUT2D eigenvalue weighted by Crippen LogP contribution is -2.31. The minimum atomic E-state index is -0.807. The van der Waals surface area contributed by atoms with Crippen molar-refractivity contribution in [3.05, 3.63) is 93.0 Å². The molecule has 0 unspecified atom stereocenters. The Labute approximate surface area is 241 Å². The average Bonchev–Trinajstić information content (AvgIpc) is 3.48. The number of amides is 2. The SMILES string of the molecule is COc1ccc(OC)c(NC(=O)C2=C(C)NC(SCC(=O)Nc3cccc(Cl)c3C)=C(C#N)[C@H]2c2ccco2)c1. The van der Waals surface area contributed by atoms with E-state index in [4.69, 9.17) is 25.5 Å². The summed E-state index contributed by atoms with van der Waals surface area (Å²) in [4.78, 5) is 26.5. The van der Waals surface area contributed by atoms with Crippen molar-refractivity contribution in [3.63, 3.8) is 0 Å². The van der Waals surface area contributed by atoms with E-state index in [1.165, 1.54) is 20.5 Å². The highest BCUT2D eigenvalue weighted by atomic mass is 35.5. The standard InChI is InChI=1S/C29H27ClN4O5S/c1-16-20(30)7-5-8-21(16)33-25(35)15-40-29-19(14-31)27(24-9-6-12-39-24)26(17(2)32-29)28(36)34-22-13-18(37-3)10-11-23(22)38-4/h5-13,27,32H,15H2,1-4H3,(H,33,35)(H,34,36)/t27-/m0/s1. The van der Waals surface area contributed by atoms with Crippen LogP contribution in [-0.4, -0.2) is 31.8 Å². The van der Waals surface area contributed by atoms with Crippen LogP contribution in [0.15, 0.2) is 81.1 Å². The summed E-state index contributed by atoms with van der Waals surface area (Å²) in [5.74, 6) is -0.126. The number of rotatable bonds is 9. The first-order valence-electron chi connectivity index (χ1n) is 12.1. The number of nitrogens with zero attached hydrogens (tertiary/aromatic N) is 1. The van der Waals surface area contributed by atoms with Gasteiger partial charge in [-0.05, 0) is 55.8 Å². The van der Waals surface area contributed by atoms with Gasteiger partial charge in [0.15, 0.2) is 0 Å². The average molecular weight is 579 g/mol. The van der Waals surface area contributed by atoms with E-state index in [0.717, 1.165) is 17.3 Å². The van der Waals surface area contributed by atoms with Crippen LogP contribution in [-0.2, 0) is 9.59 Å². The molecule has 0 spiro atoms. The molecule has 1 aliphatic rings. The number of methoxy groups -OCH3 is 2. The van der Waals surface area contributed by atoms with Gasteiger partial charge in [0.05, 0.1) is 60.1 Å². The fourth-order valence-electron chi connectivity index (χ4n) is 4.24. The quantitative estimate of drug-likeness (QED) is 0.284. The van der Waals surface area contributed by atoms with Gasteiger partial charge >= 0.3 is 0 Å². The predicted octanol–water partition coefficient (Wildman–Crippen LogP) is 5.97. The van der Waals surface area contributed by atoms with Crippen molar-refractivity contribution in [1.29, 1.82) is 5.26 Å². The van der Waals surface area contributed by atoms with E-state index in [1.807, 2.05) is 6.92 Å². The lowest BCUT2D eigenvalue weighted by molar-refractivity contribution is -0.114. The lowest BCUT2D eigenvalue weighted by Gasteiger charge is -2.28. The summed E-state index contributed by atoms with van der Waals surface area (Å²) >= 11 is 7.33. The maximum Gasteiger partial charge on any atom is 0.254 e. The molecule has 40 heavy (non-hydrogen) atoms. The first-order chi connectivity index (χ1) is 19.3. The van der Waals surface area contributed by atoms with E-state index < -0.39 is 11.8 Å². The van der Waals surface area contributed by atoms with Gasteiger partial charge in [-0.3, -0.25) is 9.59 Å². The number of nitrogens with one attached hydrogen (secondary N) is 3. The number of carbonyl (C=O) groups excluding carboxylic acids is 2. The van der Waals surface area contributed by atoms with Crippen LogP contribution in [0, 0.1) is 18.3 Å². The predicted molar refractivity (Wildman–Crippen MR) is 155 cm³/mol. The van der Waals surface area contributed by atoms with Gasteiger partial charge in [-0.25, -0.2) is 0 Å². The second kappa shape index (κ2) is 12.7. The molecule has 2 amide bonds. The summed E-state index contributed by atoms with van der Waals surface area (Å²) in [5, 5.41) is 20.1. The number of anilines is 2. The number of halogens is 1. The van der Waals surface area contributed by atoms with Gasteiger partial charge in [-0.2, -0.15) is 5.26 Å². The number of allylic oxidation sites excluding steroid dienone is 2. The summed E-state index contributed by atoms with van der Waals surface area (Å²) in [5.41, 5.74) is 2.82. The van der Waals surface area contributed by atoms with E-state index in [-0.39, 0.29) is 17.2 Å². The fourth-order valence-corrected chi connectivity index (χ4v) is 5.30. The maximum absolute atomic E-state index is 13.7. The summed E-state index contributed by atoms with van der Waals surface area (Å²) < 4.78 is 16.4. The van der Waals surface area contributed by atoms with E-state index in [9.17, 15) is 14.9 Å². The Kier molecular flexibility index (Phi) is 9.09. The highest BCUT2D eigenvalue weighted by Crippen LogP contribution is 2.41. The first-order valence-corrected chi connectivity index (χ1v) is 13.5. The van der Waals surface area contributed by atoms with Gasteiger partial charge in [0.1, 0.15) is 17.3 Å². The fraction of sp³-hybridized carbons (Fsp3) is 0.207. The molecule has 0 saturated heterocycles. The van der Waals surface area contributed by atoms with Crippen molar-refractivity contribution in [2.75, 3.05) is 30.6 Å². The molecule has 0 aliphatic carbocycles. The van der Waals surface area contributed by atoms with Gasteiger partial charge in [0.25, 0.3) is 5.91 Å². The van der Waals surface area contributed by atoms with E-state index in [2.05, 4.69) is 22.0 Å². The van der Waals surface area contributed by atoms with Gasteiger partial charge in [0.2, 0.25) is 5.91 Å². The number of dihydropyridines is 1. The molecule has 0 radical (unpaired) electrons. The van der Waals surface area contributed by atoms with E-state index >= 15 is 0 Å². The number of hydrogen-bond donors (Lipinski definition) is 3. The molecule has 3 aromatic rings. The molecule has 2 aromatic carbocycles. The van der Waals surface area contributed by atoms with Crippen LogP contribution in [0.4, 0.5) is 11.4 Å². The van der Waals surface area contributed by atoms with Gasteiger partial charge < -0.3 is 29.8 Å². The minimum Gasteiger partial charge on any atom is -0.497 e. The number of nitriles is 1. The molecular weight excluding hydrogens is 552 g/mol. The second-order valence-corrected chi connectivity index (χ2v) is 10.1. The number of thioether (sulfide) groups is 1. The van der Waals surface area contributed by atoms with Crippen molar-refractivity contribution in [1.82, 2.24) is 5.32 Å². The molecule has 4 rings (SSSR count). The minimum absolute atomic E-state index is 0.0140. The van der Waals surface area contributed by atoms with Crippen molar-refractivity contribution in [2.24, 2.45) is 0 Å². The highest BCUT2D eigenvalue weighted by Gasteiger charge is 2.36. The molecule has 0 fully saturated rings. The Bertz CT molecular complexity index is 1540. The molecule has 9 nitrogen and oxygen atoms in total. The first kappa shape index (κ1) is 28.7. The Balaban J connectivity index is 1.61. The monoisotopic (exact) mass is 578 g/mol. The van der Waals surface area contributed by atoms with Crippen molar-refractivity contribution >= 4 is 46.6 Å². The molecular formula is C29H27ClN4O5S. The molecule has 206 valence electrons. The number of ether oxygens (including phenoxy) is 2. The van der Waals surface area contributed by atoms with E-state index in [1.54, 1.807) is 55.5 Å². The van der Waals surface area contributed by atoms with Crippen molar-refractivity contribution in [3.8, 4) is 17.6 Å². The molecule has 0 bridgehead atoms. The second-order valence-electron chi connectivity index (χ2n) is 8.74. The van der Waals surface area contributed by atoms with Crippen LogP contribution in [0.25, 0.3) is 0 Å². The molecule has 0 saturated carbocycles. The van der Waals surface area contributed by atoms with Gasteiger partial charge in [-0.1, -0.05) is 29.4 Å². The zero-order chi connectivity index (χ0) is 28.8. The zero-order valence-electron chi connectivity index (χ0n) is 22.3. The van der Waals surface area contributed by atoms with Crippen LogP contribution in [0.3, 0.4) is 0 Å². The number of hydrogen-bond acceptors (Lipinski definition) is 8. The summed E-state index contributed by atoms with van der Waals surface area (Å²) in [6.45, 7) is 3.55. The molecule has 1 aromatic heterocycles. The van der Waals surface area contributed by atoms with Crippen LogP contribution in [0.2, 0.25) is 5.02 Å². The maximum atomic E-state index is 13.7. The molecule has 2 heterocycles. The summed E-state index contributed by atoms with van der Waals surface area (Å²) in [6, 6.07) is 15.9. The molecule has 11 heteroatoms.